The van der Waals surface area contributed by atoms with Crippen molar-refractivity contribution in [3.05, 3.63) is 92.6 Å². The Labute approximate surface area is 296 Å². The molecule has 0 aliphatic carbocycles. The Morgan fingerprint density at radius 1 is 0.566 bits per heavy atom. The second-order valence-corrected chi connectivity index (χ2v) is 12.3. The molecule has 0 amide bonds. The van der Waals surface area contributed by atoms with Gasteiger partial charge in [0.1, 0.15) is 40.6 Å². The van der Waals surface area contributed by atoms with E-state index in [0.717, 1.165) is 36.4 Å². The van der Waals surface area contributed by atoms with E-state index in [2.05, 4.69) is 0 Å². The van der Waals surface area contributed by atoms with Crippen LogP contribution in [0.3, 0.4) is 0 Å². The largest absolute Gasteiger partial charge is 0.508 e. The number of rotatable bonds is 3. The molecule has 0 radical (unpaired) electrons. The van der Waals surface area contributed by atoms with E-state index in [9.17, 15) is 55.5 Å². The van der Waals surface area contributed by atoms with Gasteiger partial charge in [0.15, 0.2) is 40.6 Å². The number of fused-ring (bicyclic) bond motifs is 3. The minimum absolute atomic E-state index is 0.00576. The van der Waals surface area contributed by atoms with Crippen molar-refractivity contribution in [1.82, 2.24) is 0 Å². The van der Waals surface area contributed by atoms with Gasteiger partial charge >= 0.3 is 5.97 Å². The lowest BCUT2D eigenvalue weighted by atomic mass is 9.90. The number of hydrogen-bond acceptors (Lipinski definition) is 16. The lowest BCUT2D eigenvalue weighted by Gasteiger charge is -2.32. The van der Waals surface area contributed by atoms with Gasteiger partial charge in [-0.05, 0) is 41.3 Å². The standard InChI is InChI=1S/C29H24O12.C7H6O5/c30-11-3-17(32)15-8-21(36)28(40-23(15)5-11)10-1-13-14(7-20(35)27(39)25(13)26(38)19(34)2-10)29-22(37)9-16-18(33)4-12(31)6-24(16)41-29;8-4-1-3(7(11)12)2-5(9)6(4)10/h1-7,21-22,28-33,35-37,39H,8-9H2,(H,34,38);1-2,8-10H,(H,11,12)/t21-,22-,28-,29-;/m1./s1. The van der Waals surface area contributed by atoms with Crippen LogP contribution in [0.4, 0.5) is 0 Å². The number of phenols is 9. The van der Waals surface area contributed by atoms with E-state index in [1.165, 1.54) is 18.2 Å². The Morgan fingerprint density at radius 3 is 1.58 bits per heavy atom. The molecule has 0 fully saturated rings. The molecule has 7 rings (SSSR count). The zero-order valence-corrected chi connectivity index (χ0v) is 26.9. The maximum absolute atomic E-state index is 13.2. The summed E-state index contributed by atoms with van der Waals surface area (Å²) < 4.78 is 11.8. The highest BCUT2D eigenvalue weighted by molar-refractivity contribution is 5.94. The van der Waals surface area contributed by atoms with E-state index < -0.39 is 75.7 Å². The fourth-order valence-electron chi connectivity index (χ4n) is 6.24. The molecule has 13 N–H and O–H groups in total. The molecule has 2 aliphatic heterocycles. The Kier molecular flexibility index (Phi) is 8.99. The van der Waals surface area contributed by atoms with Crippen LogP contribution in [-0.2, 0) is 12.8 Å². The van der Waals surface area contributed by atoms with Crippen LogP contribution < -0.4 is 14.9 Å². The average molecular weight is 735 g/mol. The van der Waals surface area contributed by atoms with Crippen LogP contribution in [-0.4, -0.2) is 84.6 Å². The number of phenolic OH excluding ortho intramolecular Hbond substituents is 9. The summed E-state index contributed by atoms with van der Waals surface area (Å²) in [6.07, 6.45) is -5.40. The molecule has 5 aromatic rings. The summed E-state index contributed by atoms with van der Waals surface area (Å²) in [4.78, 5) is 23.6. The van der Waals surface area contributed by atoms with Crippen molar-refractivity contribution in [1.29, 1.82) is 0 Å². The molecule has 17 nitrogen and oxygen atoms in total. The Balaban J connectivity index is 0.000000342. The molecule has 5 aromatic carbocycles. The summed E-state index contributed by atoms with van der Waals surface area (Å²) in [5, 5.41) is 128. The fraction of sp³-hybridized carbons (Fsp3) is 0.167. The van der Waals surface area contributed by atoms with Crippen LogP contribution in [0.25, 0.3) is 10.8 Å². The van der Waals surface area contributed by atoms with Crippen molar-refractivity contribution in [2.24, 2.45) is 0 Å². The van der Waals surface area contributed by atoms with Gasteiger partial charge in [0.05, 0.1) is 23.2 Å². The van der Waals surface area contributed by atoms with Crippen LogP contribution >= 0.6 is 0 Å². The van der Waals surface area contributed by atoms with E-state index in [1.54, 1.807) is 0 Å². The molecule has 4 atom stereocenters. The number of aliphatic hydroxyl groups excluding tert-OH is 2. The highest BCUT2D eigenvalue weighted by atomic mass is 16.5. The molecule has 0 saturated carbocycles. The van der Waals surface area contributed by atoms with Crippen LogP contribution in [0.1, 0.15) is 44.8 Å². The molecule has 0 aromatic heterocycles. The van der Waals surface area contributed by atoms with Gasteiger partial charge < -0.3 is 75.9 Å². The predicted molar refractivity (Wildman–Crippen MR) is 179 cm³/mol. The van der Waals surface area contributed by atoms with Crippen LogP contribution in [0.5, 0.6) is 69.0 Å². The number of aromatic carboxylic acids is 1. The van der Waals surface area contributed by atoms with Gasteiger partial charge in [-0.1, -0.05) is 0 Å². The maximum Gasteiger partial charge on any atom is 0.335 e. The number of aromatic hydroxyl groups is 10. The summed E-state index contributed by atoms with van der Waals surface area (Å²) in [5.41, 5.74) is -0.867. The minimum atomic E-state index is -1.34. The number of ether oxygens (including phenoxy) is 2. The summed E-state index contributed by atoms with van der Waals surface area (Å²) >= 11 is 0. The molecule has 0 spiro atoms. The SMILES string of the molecule is O=C(O)c1cc(O)c(O)c(O)c1.O=c1c(O)cc([C@H]2Oc3cc(O)cc(O)c3C[C@H]2O)cc2c([C@H]3Oc4cc(O)cc(O)c4C[C@H]3O)cc(O)c(O)c12. The first-order valence-corrected chi connectivity index (χ1v) is 15.5. The number of benzene rings is 4. The molecule has 0 unspecified atom stereocenters. The number of carboxylic acids is 1. The second kappa shape index (κ2) is 13.3. The van der Waals surface area contributed by atoms with E-state index in [1.807, 2.05) is 0 Å². The monoisotopic (exact) mass is 734 g/mol. The van der Waals surface area contributed by atoms with E-state index in [-0.39, 0.29) is 80.5 Å². The average Bonchev–Trinajstić information content (AvgIpc) is 3.21. The van der Waals surface area contributed by atoms with Crippen LogP contribution in [0.2, 0.25) is 0 Å². The Hall–Kier alpha value is -6.98. The smallest absolute Gasteiger partial charge is 0.335 e. The van der Waals surface area contributed by atoms with Crippen molar-refractivity contribution in [2.45, 2.75) is 37.3 Å². The molecule has 53 heavy (non-hydrogen) atoms. The van der Waals surface area contributed by atoms with E-state index in [4.69, 9.17) is 29.9 Å². The molecule has 2 aliphatic rings. The Morgan fingerprint density at radius 2 is 1.06 bits per heavy atom. The highest BCUT2D eigenvalue weighted by Gasteiger charge is 2.36. The van der Waals surface area contributed by atoms with Gasteiger partial charge in [-0.25, -0.2) is 4.79 Å². The first kappa shape index (κ1) is 35.8. The van der Waals surface area contributed by atoms with Crippen molar-refractivity contribution in [2.75, 3.05) is 0 Å². The predicted octanol–water partition coefficient (Wildman–Crippen LogP) is 2.71. The lowest BCUT2D eigenvalue weighted by Crippen LogP contribution is -2.31. The third-order valence-corrected chi connectivity index (χ3v) is 8.75. The molecule has 2 heterocycles. The third-order valence-electron chi connectivity index (χ3n) is 8.75. The molecule has 276 valence electrons. The van der Waals surface area contributed by atoms with Crippen molar-refractivity contribution < 1.29 is 80.7 Å². The fourth-order valence-corrected chi connectivity index (χ4v) is 6.24. The summed E-state index contributed by atoms with van der Waals surface area (Å²) in [7, 11) is 0. The van der Waals surface area contributed by atoms with E-state index in [0.29, 0.717) is 0 Å². The number of carbonyl (C=O) groups is 1. The van der Waals surface area contributed by atoms with E-state index >= 15 is 0 Å². The lowest BCUT2D eigenvalue weighted by molar-refractivity contribution is 0.0193. The first-order chi connectivity index (χ1) is 24.9. The van der Waals surface area contributed by atoms with Gasteiger partial charge in [0, 0.05) is 53.8 Å². The molecule has 17 heteroatoms. The zero-order valence-electron chi connectivity index (χ0n) is 26.9. The van der Waals surface area contributed by atoms with Crippen molar-refractivity contribution >= 4 is 16.7 Å². The van der Waals surface area contributed by atoms with Crippen LogP contribution in [0.15, 0.2) is 59.4 Å². The van der Waals surface area contributed by atoms with Gasteiger partial charge in [-0.2, -0.15) is 0 Å². The van der Waals surface area contributed by atoms with Crippen molar-refractivity contribution in [3.63, 3.8) is 0 Å². The molecule has 0 saturated heterocycles. The summed E-state index contributed by atoms with van der Waals surface area (Å²) in [6, 6.07) is 9.74. The Bertz CT molecular complexity index is 2350. The van der Waals surface area contributed by atoms with Gasteiger partial charge in [0.2, 0.25) is 5.43 Å². The number of aliphatic hydroxyl groups is 2. The summed E-state index contributed by atoms with van der Waals surface area (Å²) in [5.74, 6) is -6.90. The zero-order chi connectivity index (χ0) is 38.6. The topological polar surface area (TPSA) is 316 Å². The summed E-state index contributed by atoms with van der Waals surface area (Å²) in [6.45, 7) is 0. The normalized spacial score (nSPS) is 18.8. The van der Waals surface area contributed by atoms with Gasteiger partial charge in [-0.3, -0.25) is 4.79 Å². The molecular weight excluding hydrogens is 704 g/mol. The van der Waals surface area contributed by atoms with Gasteiger partial charge in [0.25, 0.3) is 0 Å². The highest BCUT2D eigenvalue weighted by Crippen LogP contribution is 2.47. The molecule has 0 bridgehead atoms. The first-order valence-electron chi connectivity index (χ1n) is 15.5. The van der Waals surface area contributed by atoms with Gasteiger partial charge in [-0.15, -0.1) is 0 Å². The van der Waals surface area contributed by atoms with Crippen molar-refractivity contribution in [3.8, 4) is 69.0 Å². The number of carboxylic acid groups (broad SMARTS) is 1. The second-order valence-electron chi connectivity index (χ2n) is 12.3. The third kappa shape index (κ3) is 6.52. The molecular formula is C36H30O17. The van der Waals surface area contributed by atoms with Crippen LogP contribution in [0, 0.1) is 0 Å². The quantitative estimate of drug-likeness (QED) is 0.118. The maximum atomic E-state index is 13.2. The number of hydrogen-bond donors (Lipinski definition) is 13. The minimum Gasteiger partial charge on any atom is -0.508 e.